The van der Waals surface area contributed by atoms with E-state index in [1.165, 1.54) is 20.3 Å². The van der Waals surface area contributed by atoms with Crippen molar-refractivity contribution in [3.63, 3.8) is 0 Å². The van der Waals surface area contributed by atoms with Crippen molar-refractivity contribution in [1.29, 1.82) is 0 Å². The van der Waals surface area contributed by atoms with Crippen molar-refractivity contribution >= 4 is 21.6 Å². The van der Waals surface area contributed by atoms with Gasteiger partial charge in [0.05, 0.1) is 39.3 Å². The molecule has 0 bridgehead atoms. The first-order chi connectivity index (χ1) is 14.2. The Labute approximate surface area is 177 Å². The molecule has 0 fully saturated rings. The summed E-state index contributed by atoms with van der Waals surface area (Å²) in [6.07, 6.45) is 1.70. The van der Waals surface area contributed by atoms with Gasteiger partial charge in [-0.25, -0.2) is 8.42 Å². The van der Waals surface area contributed by atoms with Crippen LogP contribution in [0.25, 0.3) is 0 Å². The van der Waals surface area contributed by atoms with Crippen molar-refractivity contribution < 1.29 is 27.4 Å². The average Bonchev–Trinajstić information content (AvgIpc) is 2.74. The Balaban J connectivity index is 2.22. The van der Waals surface area contributed by atoms with Crippen LogP contribution in [0.5, 0.6) is 17.2 Å². The maximum absolute atomic E-state index is 12.7. The van der Waals surface area contributed by atoms with Gasteiger partial charge in [0.15, 0.2) is 11.5 Å². The maximum Gasteiger partial charge on any atom is 0.241 e. The van der Waals surface area contributed by atoms with E-state index in [1.807, 2.05) is 31.2 Å². The highest BCUT2D eigenvalue weighted by Gasteiger charge is 2.23. The van der Waals surface area contributed by atoms with Crippen LogP contribution in [-0.2, 0) is 14.8 Å². The molecule has 1 N–H and O–H groups in total. The minimum absolute atomic E-state index is 0.254. The predicted octanol–water partition coefficient (Wildman–Crippen LogP) is 2.75. The van der Waals surface area contributed by atoms with Crippen molar-refractivity contribution in [2.45, 2.75) is 19.4 Å². The molecule has 0 aliphatic carbocycles. The monoisotopic (exact) mass is 436 g/mol. The molecule has 0 spiro atoms. The fourth-order valence-corrected chi connectivity index (χ4v) is 3.86. The number of sulfonamides is 1. The summed E-state index contributed by atoms with van der Waals surface area (Å²) < 4.78 is 41.4. The van der Waals surface area contributed by atoms with E-state index < -0.39 is 15.9 Å². The zero-order valence-electron chi connectivity index (χ0n) is 17.8. The predicted molar refractivity (Wildman–Crippen MR) is 116 cm³/mol. The molecule has 0 heterocycles. The number of carbonyl (C=O) groups excluding carboxylic acids is 1. The number of benzene rings is 2. The standard InChI is InChI=1S/C21H28N2O6S/c1-6-18(15-7-10-17(27-2)11-8-15)22-21(24)14-23(30(5,25)26)16-9-12-19(28-3)20(13-16)29-4/h7-13,18H,6,14H2,1-5H3,(H,22,24)/t18-/m1/s1. The fraction of sp³-hybridized carbons (Fsp3) is 0.381. The van der Waals surface area contributed by atoms with E-state index in [2.05, 4.69) is 5.32 Å². The van der Waals surface area contributed by atoms with Crippen LogP contribution in [0.2, 0.25) is 0 Å². The van der Waals surface area contributed by atoms with Gasteiger partial charge in [-0.2, -0.15) is 0 Å². The number of nitrogens with one attached hydrogen (secondary N) is 1. The van der Waals surface area contributed by atoms with E-state index in [-0.39, 0.29) is 12.6 Å². The summed E-state index contributed by atoms with van der Waals surface area (Å²) in [5.41, 5.74) is 1.21. The second kappa shape index (κ2) is 10.2. The van der Waals surface area contributed by atoms with Crippen LogP contribution >= 0.6 is 0 Å². The van der Waals surface area contributed by atoms with Crippen LogP contribution in [0, 0.1) is 0 Å². The molecule has 30 heavy (non-hydrogen) atoms. The summed E-state index contributed by atoms with van der Waals surface area (Å²) in [7, 11) is 0.819. The lowest BCUT2D eigenvalue weighted by atomic mass is 10.0. The van der Waals surface area contributed by atoms with E-state index in [0.29, 0.717) is 23.6 Å². The minimum Gasteiger partial charge on any atom is -0.497 e. The lowest BCUT2D eigenvalue weighted by Crippen LogP contribution is -2.41. The van der Waals surface area contributed by atoms with E-state index in [1.54, 1.807) is 19.2 Å². The number of rotatable bonds is 10. The molecule has 2 aromatic carbocycles. The molecule has 9 heteroatoms. The SMILES string of the molecule is CC[C@@H](NC(=O)CN(c1ccc(OC)c(OC)c1)S(C)(=O)=O)c1ccc(OC)cc1. The number of amides is 1. The first-order valence-electron chi connectivity index (χ1n) is 9.36. The molecule has 2 aromatic rings. The van der Waals surface area contributed by atoms with Crippen LogP contribution in [0.15, 0.2) is 42.5 Å². The summed E-state index contributed by atoms with van der Waals surface area (Å²) >= 11 is 0. The van der Waals surface area contributed by atoms with Crippen LogP contribution in [-0.4, -0.2) is 48.5 Å². The van der Waals surface area contributed by atoms with Gasteiger partial charge >= 0.3 is 0 Å². The molecule has 0 unspecified atom stereocenters. The maximum atomic E-state index is 12.7. The third-order valence-corrected chi connectivity index (χ3v) is 5.74. The van der Waals surface area contributed by atoms with Crippen molar-refractivity contribution in [1.82, 2.24) is 5.32 Å². The van der Waals surface area contributed by atoms with Gasteiger partial charge in [-0.1, -0.05) is 19.1 Å². The molecule has 1 amide bonds. The van der Waals surface area contributed by atoms with Gasteiger partial charge in [-0.15, -0.1) is 0 Å². The topological polar surface area (TPSA) is 94.2 Å². The van der Waals surface area contributed by atoms with Crippen LogP contribution < -0.4 is 23.8 Å². The largest absolute Gasteiger partial charge is 0.497 e. The highest BCUT2D eigenvalue weighted by atomic mass is 32.2. The van der Waals surface area contributed by atoms with Crippen molar-refractivity contribution in [3.05, 3.63) is 48.0 Å². The Hall–Kier alpha value is -2.94. The molecule has 0 saturated heterocycles. The number of nitrogens with zero attached hydrogens (tertiary/aromatic N) is 1. The van der Waals surface area contributed by atoms with Crippen LogP contribution in [0.1, 0.15) is 24.9 Å². The Morgan fingerprint density at radius 2 is 1.63 bits per heavy atom. The van der Waals surface area contributed by atoms with E-state index in [0.717, 1.165) is 21.9 Å². The van der Waals surface area contributed by atoms with Gasteiger partial charge in [0.2, 0.25) is 15.9 Å². The van der Waals surface area contributed by atoms with E-state index >= 15 is 0 Å². The third-order valence-electron chi connectivity index (χ3n) is 4.60. The Morgan fingerprint density at radius 3 is 2.13 bits per heavy atom. The summed E-state index contributed by atoms with van der Waals surface area (Å²) in [5, 5.41) is 2.90. The minimum atomic E-state index is -3.71. The molecule has 0 saturated carbocycles. The van der Waals surface area contributed by atoms with Crippen LogP contribution in [0.3, 0.4) is 0 Å². The average molecular weight is 437 g/mol. The van der Waals surface area contributed by atoms with Gasteiger partial charge in [0.25, 0.3) is 0 Å². The summed E-state index contributed by atoms with van der Waals surface area (Å²) in [6.45, 7) is 1.58. The Kier molecular flexibility index (Phi) is 7.93. The normalized spacial score (nSPS) is 12.0. The van der Waals surface area contributed by atoms with Gasteiger partial charge in [-0.3, -0.25) is 9.10 Å². The van der Waals surface area contributed by atoms with E-state index in [9.17, 15) is 13.2 Å². The van der Waals surface area contributed by atoms with Crippen molar-refractivity contribution in [2.75, 3.05) is 38.4 Å². The van der Waals surface area contributed by atoms with Gasteiger partial charge in [-0.05, 0) is 36.2 Å². The molecule has 8 nitrogen and oxygen atoms in total. The van der Waals surface area contributed by atoms with Gasteiger partial charge in [0.1, 0.15) is 12.3 Å². The lowest BCUT2D eigenvalue weighted by Gasteiger charge is -2.25. The fourth-order valence-electron chi connectivity index (χ4n) is 3.01. The number of hydrogen-bond donors (Lipinski definition) is 1. The highest BCUT2D eigenvalue weighted by molar-refractivity contribution is 7.92. The molecule has 0 aliphatic heterocycles. The molecule has 0 radical (unpaired) electrons. The summed E-state index contributed by atoms with van der Waals surface area (Å²) in [5.74, 6) is 1.13. The molecule has 1 atom stereocenters. The molecular weight excluding hydrogens is 408 g/mol. The number of methoxy groups -OCH3 is 3. The zero-order valence-corrected chi connectivity index (χ0v) is 18.7. The molecular formula is C21H28N2O6S. The summed E-state index contributed by atoms with van der Waals surface area (Å²) in [4.78, 5) is 12.7. The quantitative estimate of drug-likeness (QED) is 0.616. The number of hydrogen-bond acceptors (Lipinski definition) is 6. The van der Waals surface area contributed by atoms with Crippen molar-refractivity contribution in [3.8, 4) is 17.2 Å². The van der Waals surface area contributed by atoms with Crippen molar-refractivity contribution in [2.24, 2.45) is 0 Å². The number of anilines is 1. The third kappa shape index (κ3) is 5.79. The lowest BCUT2D eigenvalue weighted by molar-refractivity contribution is -0.120. The Bertz CT molecular complexity index is 960. The van der Waals surface area contributed by atoms with Gasteiger partial charge in [0, 0.05) is 6.07 Å². The molecule has 164 valence electrons. The molecule has 0 aliphatic rings. The van der Waals surface area contributed by atoms with Crippen LogP contribution in [0.4, 0.5) is 5.69 Å². The second-order valence-corrected chi connectivity index (χ2v) is 8.52. The highest BCUT2D eigenvalue weighted by Crippen LogP contribution is 2.32. The van der Waals surface area contributed by atoms with E-state index in [4.69, 9.17) is 14.2 Å². The van der Waals surface area contributed by atoms with Gasteiger partial charge < -0.3 is 19.5 Å². The Morgan fingerprint density at radius 1 is 1.00 bits per heavy atom. The molecule has 2 rings (SSSR count). The summed E-state index contributed by atoms with van der Waals surface area (Å²) in [6, 6.07) is 11.8. The molecule has 0 aromatic heterocycles. The number of carbonyl (C=O) groups is 1. The zero-order chi connectivity index (χ0) is 22.3. The smallest absolute Gasteiger partial charge is 0.241 e. The first-order valence-corrected chi connectivity index (χ1v) is 11.2. The number of ether oxygens (including phenoxy) is 3. The first kappa shape index (κ1) is 23.3. The second-order valence-electron chi connectivity index (χ2n) is 6.61.